The second-order valence-electron chi connectivity index (χ2n) is 4.24. The molecule has 0 amide bonds. The zero-order valence-corrected chi connectivity index (χ0v) is 10.2. The summed E-state index contributed by atoms with van der Waals surface area (Å²) in [5, 5.41) is 6.79. The van der Waals surface area contributed by atoms with E-state index in [0.29, 0.717) is 12.4 Å². The first-order chi connectivity index (χ1) is 9.03. The van der Waals surface area contributed by atoms with Crippen LogP contribution in [-0.2, 0) is 17.9 Å². The Kier molecular flexibility index (Phi) is 4.72. The number of hydrogen-bond acceptors (Lipinski definition) is 6. The van der Waals surface area contributed by atoms with Gasteiger partial charge in [0.2, 0.25) is 5.89 Å². The number of alkyl halides is 3. The summed E-state index contributed by atoms with van der Waals surface area (Å²) in [6, 6.07) is 0. The summed E-state index contributed by atoms with van der Waals surface area (Å²) >= 11 is 0. The Morgan fingerprint density at radius 3 is 2.74 bits per heavy atom. The molecule has 0 saturated carbocycles. The van der Waals surface area contributed by atoms with Gasteiger partial charge in [0.15, 0.2) is 5.82 Å². The molecule has 0 aromatic carbocycles. The average molecular weight is 280 g/mol. The van der Waals surface area contributed by atoms with Crippen molar-refractivity contribution in [1.29, 1.82) is 0 Å². The van der Waals surface area contributed by atoms with E-state index in [1.807, 2.05) is 0 Å². The van der Waals surface area contributed by atoms with Crippen LogP contribution in [-0.4, -0.2) is 54.0 Å². The molecule has 2 rings (SSSR count). The first kappa shape index (κ1) is 14.2. The van der Waals surface area contributed by atoms with Crippen LogP contribution in [0, 0.1) is 0 Å². The summed E-state index contributed by atoms with van der Waals surface area (Å²) in [4.78, 5) is 6.12. The minimum atomic E-state index is -4.34. The Balaban J connectivity index is 1.75. The van der Waals surface area contributed by atoms with Crippen LogP contribution in [0.3, 0.4) is 0 Å². The molecule has 2 heterocycles. The SMILES string of the molecule is FC(F)(F)COCc1noc(CN2CCNCC2)n1. The topological polar surface area (TPSA) is 63.4 Å². The summed E-state index contributed by atoms with van der Waals surface area (Å²) in [6.07, 6.45) is -4.34. The van der Waals surface area contributed by atoms with Crippen molar-refractivity contribution in [2.45, 2.75) is 19.3 Å². The molecule has 19 heavy (non-hydrogen) atoms. The molecule has 1 aliphatic heterocycles. The summed E-state index contributed by atoms with van der Waals surface area (Å²) < 4.78 is 45.0. The predicted octanol–water partition coefficient (Wildman–Crippen LogP) is 0.554. The number of rotatable bonds is 5. The third kappa shape index (κ3) is 5.13. The highest BCUT2D eigenvalue weighted by molar-refractivity contribution is 4.85. The van der Waals surface area contributed by atoms with Gasteiger partial charge in [0.1, 0.15) is 13.2 Å². The molecule has 1 aliphatic rings. The molecule has 0 bridgehead atoms. The molecule has 0 atom stereocenters. The van der Waals surface area contributed by atoms with Crippen molar-refractivity contribution in [3.05, 3.63) is 11.7 Å². The van der Waals surface area contributed by atoms with Crippen LogP contribution in [0.4, 0.5) is 13.2 Å². The van der Waals surface area contributed by atoms with Crippen LogP contribution < -0.4 is 5.32 Å². The first-order valence-electron chi connectivity index (χ1n) is 5.92. The van der Waals surface area contributed by atoms with Crippen LogP contribution in [0.5, 0.6) is 0 Å². The number of nitrogens with one attached hydrogen (secondary N) is 1. The molecule has 0 unspecified atom stereocenters. The zero-order valence-electron chi connectivity index (χ0n) is 10.2. The summed E-state index contributed by atoms with van der Waals surface area (Å²) in [5.74, 6) is 0.530. The monoisotopic (exact) mass is 280 g/mol. The average Bonchev–Trinajstić information content (AvgIpc) is 2.76. The quantitative estimate of drug-likeness (QED) is 0.850. The zero-order chi connectivity index (χ0) is 13.7. The molecule has 1 N–H and O–H groups in total. The van der Waals surface area contributed by atoms with Gasteiger partial charge >= 0.3 is 6.18 Å². The van der Waals surface area contributed by atoms with E-state index in [9.17, 15) is 13.2 Å². The lowest BCUT2D eigenvalue weighted by Crippen LogP contribution is -2.42. The van der Waals surface area contributed by atoms with Crippen LogP contribution in [0.1, 0.15) is 11.7 Å². The van der Waals surface area contributed by atoms with Crippen molar-refractivity contribution < 1.29 is 22.4 Å². The number of hydrogen-bond donors (Lipinski definition) is 1. The van der Waals surface area contributed by atoms with E-state index in [2.05, 4.69) is 25.1 Å². The molecule has 0 aliphatic carbocycles. The van der Waals surface area contributed by atoms with Crippen molar-refractivity contribution in [3.63, 3.8) is 0 Å². The van der Waals surface area contributed by atoms with Gasteiger partial charge in [0.25, 0.3) is 0 Å². The smallest absolute Gasteiger partial charge is 0.364 e. The highest BCUT2D eigenvalue weighted by Gasteiger charge is 2.27. The van der Waals surface area contributed by atoms with E-state index >= 15 is 0 Å². The highest BCUT2D eigenvalue weighted by atomic mass is 19.4. The normalized spacial score (nSPS) is 17.8. The van der Waals surface area contributed by atoms with Crippen molar-refractivity contribution >= 4 is 0 Å². The lowest BCUT2D eigenvalue weighted by molar-refractivity contribution is -0.177. The Hall–Kier alpha value is -1.19. The van der Waals surface area contributed by atoms with Gasteiger partial charge in [0, 0.05) is 26.2 Å². The minimum Gasteiger partial charge on any atom is -0.364 e. The fourth-order valence-electron chi connectivity index (χ4n) is 1.73. The molecular formula is C10H15F3N4O2. The fourth-order valence-corrected chi connectivity index (χ4v) is 1.73. The molecule has 1 fully saturated rings. The van der Waals surface area contributed by atoms with E-state index in [1.165, 1.54) is 0 Å². The molecule has 0 radical (unpaired) electrons. The van der Waals surface area contributed by atoms with Crippen LogP contribution in [0.25, 0.3) is 0 Å². The largest absolute Gasteiger partial charge is 0.411 e. The molecular weight excluding hydrogens is 265 g/mol. The maximum absolute atomic E-state index is 11.9. The molecule has 6 nitrogen and oxygen atoms in total. The Morgan fingerprint density at radius 1 is 1.32 bits per heavy atom. The third-order valence-electron chi connectivity index (χ3n) is 2.58. The molecule has 108 valence electrons. The van der Waals surface area contributed by atoms with Gasteiger partial charge in [-0.1, -0.05) is 5.16 Å². The van der Waals surface area contributed by atoms with Gasteiger partial charge in [0.05, 0.1) is 6.54 Å². The number of aromatic nitrogens is 2. The van der Waals surface area contributed by atoms with Crippen LogP contribution in [0.2, 0.25) is 0 Å². The van der Waals surface area contributed by atoms with E-state index < -0.39 is 12.8 Å². The van der Waals surface area contributed by atoms with Crippen molar-refractivity contribution in [2.24, 2.45) is 0 Å². The van der Waals surface area contributed by atoms with E-state index in [-0.39, 0.29) is 12.4 Å². The Morgan fingerprint density at radius 2 is 2.05 bits per heavy atom. The fraction of sp³-hybridized carbons (Fsp3) is 0.800. The number of ether oxygens (including phenoxy) is 1. The van der Waals surface area contributed by atoms with Crippen LogP contribution >= 0.6 is 0 Å². The van der Waals surface area contributed by atoms with E-state index in [4.69, 9.17) is 4.52 Å². The van der Waals surface area contributed by atoms with Crippen molar-refractivity contribution in [1.82, 2.24) is 20.4 Å². The van der Waals surface area contributed by atoms with Crippen LogP contribution in [0.15, 0.2) is 4.52 Å². The Labute approximate surface area is 107 Å². The molecule has 9 heteroatoms. The van der Waals surface area contributed by atoms with E-state index in [1.54, 1.807) is 0 Å². The molecule has 1 aromatic rings. The predicted molar refractivity (Wildman–Crippen MR) is 58.2 cm³/mol. The number of halogens is 3. The summed E-state index contributed by atoms with van der Waals surface area (Å²) in [7, 11) is 0. The van der Waals surface area contributed by atoms with Gasteiger partial charge in [-0.05, 0) is 0 Å². The second kappa shape index (κ2) is 6.31. The van der Waals surface area contributed by atoms with Gasteiger partial charge in [-0.3, -0.25) is 4.90 Å². The molecule has 1 saturated heterocycles. The second-order valence-corrected chi connectivity index (χ2v) is 4.24. The van der Waals surface area contributed by atoms with E-state index in [0.717, 1.165) is 26.2 Å². The Bertz CT molecular complexity index is 390. The van der Waals surface area contributed by atoms with Gasteiger partial charge in [-0.2, -0.15) is 18.2 Å². The highest BCUT2D eigenvalue weighted by Crippen LogP contribution is 2.15. The lowest BCUT2D eigenvalue weighted by Gasteiger charge is -2.25. The standard InChI is InChI=1S/C10H15F3N4O2/c11-10(12,13)7-18-6-8-15-9(19-16-8)5-17-3-1-14-2-4-17/h14H,1-7H2. The summed E-state index contributed by atoms with van der Waals surface area (Å²) in [5.41, 5.74) is 0. The first-order valence-corrected chi connectivity index (χ1v) is 5.92. The number of piperazine rings is 1. The molecule has 0 spiro atoms. The van der Waals surface area contributed by atoms with Gasteiger partial charge in [-0.15, -0.1) is 0 Å². The number of nitrogens with zero attached hydrogens (tertiary/aromatic N) is 3. The van der Waals surface area contributed by atoms with Crippen molar-refractivity contribution in [3.8, 4) is 0 Å². The maximum atomic E-state index is 11.9. The lowest BCUT2D eigenvalue weighted by atomic mass is 10.3. The maximum Gasteiger partial charge on any atom is 0.411 e. The molecule has 1 aromatic heterocycles. The minimum absolute atomic E-state index is 0.134. The third-order valence-corrected chi connectivity index (χ3v) is 2.58. The summed E-state index contributed by atoms with van der Waals surface area (Å²) in [6.45, 7) is 2.45. The van der Waals surface area contributed by atoms with Gasteiger partial charge in [-0.25, -0.2) is 0 Å². The van der Waals surface area contributed by atoms with Crippen molar-refractivity contribution in [2.75, 3.05) is 32.8 Å². The van der Waals surface area contributed by atoms with Gasteiger partial charge < -0.3 is 14.6 Å².